The second kappa shape index (κ2) is 7.39. The molecule has 0 unspecified atom stereocenters. The number of halogens is 6. The lowest BCUT2D eigenvalue weighted by atomic mass is 9.96. The summed E-state index contributed by atoms with van der Waals surface area (Å²) in [5.74, 6) is -0.00945. The van der Waals surface area contributed by atoms with E-state index in [4.69, 9.17) is 5.73 Å². The minimum Gasteiger partial charge on any atom is -0.384 e. The van der Waals surface area contributed by atoms with Crippen LogP contribution in [0.1, 0.15) is 27.8 Å². The van der Waals surface area contributed by atoms with E-state index < -0.39 is 23.5 Å². The van der Waals surface area contributed by atoms with Crippen molar-refractivity contribution in [3.63, 3.8) is 0 Å². The average molecular weight is 374 g/mol. The average Bonchev–Trinajstić information content (AvgIpc) is 2.58. The van der Waals surface area contributed by atoms with E-state index in [0.717, 1.165) is 18.2 Å². The van der Waals surface area contributed by atoms with Crippen molar-refractivity contribution < 1.29 is 26.3 Å². The number of rotatable bonds is 4. The Balaban J connectivity index is 2.24. The predicted octanol–water partition coefficient (Wildman–Crippen LogP) is 4.84. The van der Waals surface area contributed by atoms with Crippen LogP contribution in [0.25, 0.3) is 0 Å². The van der Waals surface area contributed by atoms with Gasteiger partial charge in [-0.1, -0.05) is 24.3 Å². The number of benzene rings is 2. The summed E-state index contributed by atoms with van der Waals surface area (Å²) in [5, 5.41) is 0. The van der Waals surface area contributed by atoms with Gasteiger partial charge >= 0.3 is 12.4 Å². The van der Waals surface area contributed by atoms with Gasteiger partial charge in [0.25, 0.3) is 0 Å². The SMILES string of the molecule is C/N=C(\N)c1ccc(CCc2ccc(C(F)(F)F)cc2)c(C(F)(F)F)c1. The minimum absolute atomic E-state index is 0.00945. The van der Waals surface area contributed by atoms with E-state index in [1.54, 1.807) is 0 Å². The maximum atomic E-state index is 13.3. The molecule has 0 aromatic heterocycles. The second-order valence-electron chi connectivity index (χ2n) is 5.67. The van der Waals surface area contributed by atoms with Crippen molar-refractivity contribution in [2.24, 2.45) is 10.7 Å². The van der Waals surface area contributed by atoms with Crippen LogP contribution in [0.5, 0.6) is 0 Å². The molecule has 0 saturated heterocycles. The summed E-state index contributed by atoms with van der Waals surface area (Å²) < 4.78 is 77.5. The van der Waals surface area contributed by atoms with Crippen LogP contribution in [0.4, 0.5) is 26.3 Å². The zero-order chi connectivity index (χ0) is 19.5. The monoisotopic (exact) mass is 374 g/mol. The third-order valence-electron chi connectivity index (χ3n) is 3.92. The number of nitrogens with zero attached hydrogens (tertiary/aromatic N) is 1. The number of hydrogen-bond donors (Lipinski definition) is 1. The van der Waals surface area contributed by atoms with E-state index in [1.807, 2.05) is 0 Å². The van der Waals surface area contributed by atoms with E-state index in [0.29, 0.717) is 5.56 Å². The number of hydrogen-bond acceptors (Lipinski definition) is 1. The molecular formula is C18H16F6N2. The highest BCUT2D eigenvalue weighted by molar-refractivity contribution is 5.97. The quantitative estimate of drug-likeness (QED) is 0.464. The molecule has 0 radical (unpaired) electrons. The van der Waals surface area contributed by atoms with Crippen LogP contribution in [0.2, 0.25) is 0 Å². The molecule has 2 rings (SSSR count). The Morgan fingerprint density at radius 3 is 2.00 bits per heavy atom. The molecule has 0 atom stereocenters. The molecule has 0 aliphatic heterocycles. The Labute approximate surface area is 146 Å². The zero-order valence-corrected chi connectivity index (χ0v) is 13.7. The summed E-state index contributed by atoms with van der Waals surface area (Å²) in [5.41, 5.74) is 4.67. The van der Waals surface area contributed by atoms with Gasteiger partial charge in [0, 0.05) is 12.6 Å². The third-order valence-corrected chi connectivity index (χ3v) is 3.92. The molecule has 2 N–H and O–H groups in total. The molecular weight excluding hydrogens is 358 g/mol. The number of aryl methyl sites for hydroxylation is 2. The van der Waals surface area contributed by atoms with E-state index >= 15 is 0 Å². The molecule has 26 heavy (non-hydrogen) atoms. The Morgan fingerprint density at radius 2 is 1.50 bits per heavy atom. The number of alkyl halides is 6. The fraction of sp³-hybridized carbons (Fsp3) is 0.278. The number of amidine groups is 1. The van der Waals surface area contributed by atoms with E-state index in [2.05, 4.69) is 4.99 Å². The van der Waals surface area contributed by atoms with E-state index in [-0.39, 0.29) is 29.8 Å². The molecule has 0 saturated carbocycles. The standard InChI is InChI=1S/C18H16F6N2/c1-26-16(25)13-7-6-12(15(10-13)18(22,23)24)5-2-11-3-8-14(9-4-11)17(19,20)21/h3-4,6-10H,2,5H2,1H3,(H2,25,26). The molecule has 0 heterocycles. The van der Waals surface area contributed by atoms with Crippen LogP contribution in [0.3, 0.4) is 0 Å². The van der Waals surface area contributed by atoms with Gasteiger partial charge in [-0.05, 0) is 42.2 Å². The second-order valence-corrected chi connectivity index (χ2v) is 5.67. The smallest absolute Gasteiger partial charge is 0.384 e. The normalized spacial score (nSPS) is 13.1. The molecule has 0 spiro atoms. The summed E-state index contributed by atoms with van der Waals surface area (Å²) in [7, 11) is 1.38. The van der Waals surface area contributed by atoms with Gasteiger partial charge in [0.05, 0.1) is 11.1 Å². The summed E-state index contributed by atoms with van der Waals surface area (Å²) in [6.07, 6.45) is -8.81. The largest absolute Gasteiger partial charge is 0.416 e. The van der Waals surface area contributed by atoms with Crippen LogP contribution < -0.4 is 5.73 Å². The lowest BCUT2D eigenvalue weighted by Gasteiger charge is -2.15. The molecule has 0 aliphatic carbocycles. The Kier molecular flexibility index (Phi) is 5.63. The predicted molar refractivity (Wildman–Crippen MR) is 86.9 cm³/mol. The van der Waals surface area contributed by atoms with Gasteiger partial charge < -0.3 is 5.73 Å². The molecule has 2 nitrogen and oxygen atoms in total. The number of nitrogens with two attached hydrogens (primary N) is 1. The van der Waals surface area contributed by atoms with Crippen LogP contribution in [-0.2, 0) is 25.2 Å². The summed E-state index contributed by atoms with van der Waals surface area (Å²) in [6.45, 7) is 0. The first kappa shape index (κ1) is 19.8. The fourth-order valence-electron chi connectivity index (χ4n) is 2.49. The fourth-order valence-corrected chi connectivity index (χ4v) is 2.49. The molecule has 2 aromatic rings. The van der Waals surface area contributed by atoms with Crippen molar-refractivity contribution in [3.8, 4) is 0 Å². The summed E-state index contributed by atoms with van der Waals surface area (Å²) in [6, 6.07) is 8.08. The highest BCUT2D eigenvalue weighted by Crippen LogP contribution is 2.34. The van der Waals surface area contributed by atoms with Crippen molar-refractivity contribution in [1.29, 1.82) is 0 Å². The van der Waals surface area contributed by atoms with Gasteiger partial charge in [0.15, 0.2) is 0 Å². The van der Waals surface area contributed by atoms with E-state index in [1.165, 1.54) is 31.3 Å². The molecule has 0 amide bonds. The minimum atomic E-state index is -4.57. The molecule has 140 valence electrons. The first-order valence-electron chi connectivity index (χ1n) is 7.61. The van der Waals surface area contributed by atoms with Gasteiger partial charge in [-0.15, -0.1) is 0 Å². The van der Waals surface area contributed by atoms with Crippen molar-refractivity contribution in [2.45, 2.75) is 25.2 Å². The summed E-state index contributed by atoms with van der Waals surface area (Å²) >= 11 is 0. The highest BCUT2D eigenvalue weighted by Gasteiger charge is 2.33. The van der Waals surface area contributed by atoms with Gasteiger partial charge in [0.1, 0.15) is 5.84 Å². The lowest BCUT2D eigenvalue weighted by molar-refractivity contribution is -0.138. The molecule has 0 bridgehead atoms. The highest BCUT2D eigenvalue weighted by atomic mass is 19.4. The molecule has 0 fully saturated rings. The van der Waals surface area contributed by atoms with Gasteiger partial charge in [-0.25, -0.2) is 0 Å². The van der Waals surface area contributed by atoms with Crippen LogP contribution in [0.15, 0.2) is 47.5 Å². The van der Waals surface area contributed by atoms with Gasteiger partial charge in [-0.3, -0.25) is 4.99 Å². The van der Waals surface area contributed by atoms with Gasteiger partial charge in [-0.2, -0.15) is 26.3 Å². The van der Waals surface area contributed by atoms with E-state index in [9.17, 15) is 26.3 Å². The van der Waals surface area contributed by atoms with Gasteiger partial charge in [0.2, 0.25) is 0 Å². The molecule has 2 aromatic carbocycles. The van der Waals surface area contributed by atoms with Crippen molar-refractivity contribution in [1.82, 2.24) is 0 Å². The Morgan fingerprint density at radius 1 is 0.885 bits per heavy atom. The molecule has 0 aliphatic rings. The van der Waals surface area contributed by atoms with Crippen LogP contribution >= 0.6 is 0 Å². The van der Waals surface area contributed by atoms with Crippen LogP contribution in [0, 0.1) is 0 Å². The maximum Gasteiger partial charge on any atom is 0.416 e. The maximum absolute atomic E-state index is 13.3. The number of aliphatic imine (C=N–C) groups is 1. The third kappa shape index (κ3) is 4.77. The topological polar surface area (TPSA) is 38.4 Å². The first-order valence-corrected chi connectivity index (χ1v) is 7.61. The first-order chi connectivity index (χ1) is 12.0. The van der Waals surface area contributed by atoms with Crippen molar-refractivity contribution in [2.75, 3.05) is 7.05 Å². The lowest BCUT2D eigenvalue weighted by Crippen LogP contribution is -2.16. The molecule has 8 heteroatoms. The van der Waals surface area contributed by atoms with Crippen molar-refractivity contribution in [3.05, 3.63) is 70.3 Å². The van der Waals surface area contributed by atoms with Crippen LogP contribution in [-0.4, -0.2) is 12.9 Å². The Bertz CT molecular complexity index is 789. The van der Waals surface area contributed by atoms with Crippen molar-refractivity contribution >= 4 is 5.84 Å². The Hall–Kier alpha value is -2.51. The summed E-state index contributed by atoms with van der Waals surface area (Å²) in [4.78, 5) is 3.67. The zero-order valence-electron chi connectivity index (χ0n) is 13.7.